The fourth-order valence-corrected chi connectivity index (χ4v) is 6.79. The van der Waals surface area contributed by atoms with Gasteiger partial charge in [0, 0.05) is 44.3 Å². The van der Waals surface area contributed by atoms with Crippen molar-refractivity contribution < 1.29 is 23.1 Å². The minimum atomic E-state index is -4.11. The number of sulfonamides is 1. The summed E-state index contributed by atoms with van der Waals surface area (Å²) in [7, 11) is -2.52. The lowest BCUT2D eigenvalue weighted by atomic mass is 9.95. The number of aliphatic carboxylic acids is 1. The molecule has 3 heterocycles. The number of amides is 1. The number of piperidine rings is 1. The summed E-state index contributed by atoms with van der Waals surface area (Å²) in [4.78, 5) is 40.3. The fraction of sp³-hybridized carbons (Fsp3) is 0.385. The zero-order valence-corrected chi connectivity index (χ0v) is 22.8. The lowest BCUT2D eigenvalue weighted by Crippen LogP contribution is -2.61. The van der Waals surface area contributed by atoms with Crippen molar-refractivity contribution in [2.75, 3.05) is 37.6 Å². The van der Waals surface area contributed by atoms with Crippen LogP contribution < -0.4 is 10.5 Å². The minimum absolute atomic E-state index is 0.0119. The zero-order valence-electron chi connectivity index (χ0n) is 21.2. The van der Waals surface area contributed by atoms with Crippen molar-refractivity contribution in [3.63, 3.8) is 0 Å². The molecule has 3 aromatic rings. The van der Waals surface area contributed by atoms with Crippen LogP contribution in [0, 0.1) is 5.92 Å². The van der Waals surface area contributed by atoms with Gasteiger partial charge in [-0.25, -0.2) is 17.9 Å². The van der Waals surface area contributed by atoms with Gasteiger partial charge >= 0.3 is 5.97 Å². The predicted octanol–water partition coefficient (Wildman–Crippen LogP) is 1.79. The first kappa shape index (κ1) is 27.1. The summed E-state index contributed by atoms with van der Waals surface area (Å²) in [5.41, 5.74) is -0.196. The zero-order chi connectivity index (χ0) is 27.9. The van der Waals surface area contributed by atoms with Gasteiger partial charge < -0.3 is 14.9 Å². The second-order valence-corrected chi connectivity index (χ2v) is 12.3. The van der Waals surface area contributed by atoms with Gasteiger partial charge in [0.15, 0.2) is 0 Å². The van der Waals surface area contributed by atoms with E-state index in [-0.39, 0.29) is 29.5 Å². The van der Waals surface area contributed by atoms with Gasteiger partial charge in [0.1, 0.15) is 11.9 Å². The standard InChI is InChI=1S/C26H28ClN5O6S/c1-29-24(33)7-6-23(28-29)30-10-8-17(9-11-30)14-32-22(26(35)36)15-31(16-25(32)34)39(37,38)21-5-3-18-12-20(27)4-2-19(18)13-21/h2-7,12-13,17,22H,8-11,14-16H2,1H3,(H,35,36)/t22-/m1/s1. The quantitative estimate of drug-likeness (QED) is 0.472. The summed E-state index contributed by atoms with van der Waals surface area (Å²) < 4.78 is 29.1. The first-order valence-corrected chi connectivity index (χ1v) is 14.4. The average Bonchev–Trinajstić information content (AvgIpc) is 2.91. The number of rotatable bonds is 6. The molecule has 1 atom stereocenters. The van der Waals surface area contributed by atoms with Gasteiger partial charge in [0.05, 0.1) is 11.4 Å². The van der Waals surface area contributed by atoms with Crippen LogP contribution in [0.5, 0.6) is 0 Å². The molecule has 2 aromatic carbocycles. The maximum atomic E-state index is 13.4. The lowest BCUT2D eigenvalue weighted by Gasteiger charge is -2.41. The molecule has 1 amide bonds. The van der Waals surface area contributed by atoms with Crippen molar-refractivity contribution in [3.05, 3.63) is 63.9 Å². The Hall–Kier alpha value is -3.48. The third-order valence-electron chi connectivity index (χ3n) is 7.42. The molecule has 2 aliphatic heterocycles. The van der Waals surface area contributed by atoms with Crippen LogP contribution >= 0.6 is 11.6 Å². The van der Waals surface area contributed by atoms with Crippen LogP contribution in [0.2, 0.25) is 5.02 Å². The monoisotopic (exact) mass is 573 g/mol. The van der Waals surface area contributed by atoms with Crippen molar-refractivity contribution in [2.24, 2.45) is 13.0 Å². The van der Waals surface area contributed by atoms with Gasteiger partial charge in [-0.05, 0) is 59.9 Å². The molecule has 206 valence electrons. The number of benzene rings is 2. The predicted molar refractivity (Wildman–Crippen MR) is 145 cm³/mol. The molecular weight excluding hydrogens is 546 g/mol. The van der Waals surface area contributed by atoms with Gasteiger partial charge in [0.2, 0.25) is 15.9 Å². The Balaban J connectivity index is 1.28. The Morgan fingerprint density at radius 1 is 1.05 bits per heavy atom. The molecule has 0 aliphatic carbocycles. The summed E-state index contributed by atoms with van der Waals surface area (Å²) in [5.74, 6) is -1.05. The fourth-order valence-electron chi connectivity index (χ4n) is 5.18. The largest absolute Gasteiger partial charge is 0.480 e. The maximum absolute atomic E-state index is 13.4. The summed E-state index contributed by atoms with van der Waals surface area (Å²) in [6.45, 7) is 0.760. The summed E-state index contributed by atoms with van der Waals surface area (Å²) >= 11 is 6.02. The van der Waals surface area contributed by atoms with Crippen molar-refractivity contribution in [1.29, 1.82) is 0 Å². The van der Waals surface area contributed by atoms with Crippen LogP contribution in [-0.4, -0.2) is 83.2 Å². The molecule has 0 spiro atoms. The lowest BCUT2D eigenvalue weighted by molar-refractivity contribution is -0.154. The number of nitrogens with zero attached hydrogens (tertiary/aromatic N) is 5. The highest BCUT2D eigenvalue weighted by atomic mass is 35.5. The van der Waals surface area contributed by atoms with E-state index < -0.39 is 34.5 Å². The topological polar surface area (TPSA) is 133 Å². The van der Waals surface area contributed by atoms with E-state index in [1.807, 2.05) is 0 Å². The number of hydrogen-bond acceptors (Lipinski definition) is 7. The first-order chi connectivity index (χ1) is 18.5. The van der Waals surface area contributed by atoms with E-state index in [4.69, 9.17) is 11.6 Å². The molecule has 0 bridgehead atoms. The SMILES string of the molecule is Cn1nc(N2CCC(CN3C(=O)CN(S(=O)(=O)c4ccc5cc(Cl)ccc5c4)C[C@@H]3C(=O)O)CC2)ccc1=O. The molecule has 0 radical (unpaired) electrons. The van der Waals surface area contributed by atoms with Crippen molar-refractivity contribution in [2.45, 2.75) is 23.8 Å². The number of carbonyl (C=O) groups is 2. The number of piperazine rings is 1. The number of aromatic nitrogens is 2. The number of hydrogen-bond donors (Lipinski definition) is 1. The van der Waals surface area contributed by atoms with Crippen molar-refractivity contribution in [1.82, 2.24) is 19.0 Å². The highest BCUT2D eigenvalue weighted by molar-refractivity contribution is 7.89. The number of halogens is 1. The Morgan fingerprint density at radius 3 is 2.44 bits per heavy atom. The Labute approximate surface area is 230 Å². The second-order valence-electron chi connectivity index (χ2n) is 9.93. The molecule has 11 nitrogen and oxygen atoms in total. The summed E-state index contributed by atoms with van der Waals surface area (Å²) in [5, 5.41) is 16.2. The third kappa shape index (κ3) is 5.49. The minimum Gasteiger partial charge on any atom is -0.480 e. The van der Waals surface area contributed by atoms with E-state index in [0.717, 1.165) is 9.69 Å². The summed E-state index contributed by atoms with van der Waals surface area (Å²) in [6, 6.07) is 11.5. The number of carboxylic acids is 1. The van der Waals surface area contributed by atoms with Gasteiger partial charge in [-0.3, -0.25) is 9.59 Å². The molecule has 2 aliphatic rings. The van der Waals surface area contributed by atoms with Crippen molar-refractivity contribution in [3.8, 4) is 0 Å². The van der Waals surface area contributed by atoms with E-state index in [2.05, 4.69) is 10.00 Å². The van der Waals surface area contributed by atoms with Gasteiger partial charge in [-0.1, -0.05) is 23.7 Å². The normalized spacial score (nSPS) is 19.5. The second kappa shape index (κ2) is 10.6. The molecule has 2 fully saturated rings. The molecule has 5 rings (SSSR count). The Morgan fingerprint density at radius 2 is 1.74 bits per heavy atom. The Kier molecular flexibility index (Phi) is 7.36. The molecule has 13 heteroatoms. The van der Waals surface area contributed by atoms with Crippen LogP contribution in [0.3, 0.4) is 0 Å². The van der Waals surface area contributed by atoms with Crippen LogP contribution in [0.4, 0.5) is 5.82 Å². The average molecular weight is 574 g/mol. The molecular formula is C26H28ClN5O6S. The number of fused-ring (bicyclic) bond motifs is 1. The first-order valence-electron chi connectivity index (χ1n) is 12.5. The number of anilines is 1. The molecule has 0 saturated carbocycles. The van der Waals surface area contributed by atoms with Gasteiger partial charge in [-0.2, -0.15) is 9.40 Å². The third-order valence-corrected chi connectivity index (χ3v) is 9.46. The highest BCUT2D eigenvalue weighted by Gasteiger charge is 2.42. The van der Waals surface area contributed by atoms with Crippen LogP contribution in [0.25, 0.3) is 10.8 Å². The number of carbonyl (C=O) groups excluding carboxylic acids is 1. The van der Waals surface area contributed by atoms with E-state index in [1.54, 1.807) is 37.4 Å². The number of aryl methyl sites for hydroxylation is 1. The van der Waals surface area contributed by atoms with Crippen LogP contribution in [-0.2, 0) is 26.7 Å². The molecule has 1 N–H and O–H groups in total. The van der Waals surface area contributed by atoms with Crippen molar-refractivity contribution >= 4 is 50.1 Å². The molecule has 1 aromatic heterocycles. The van der Waals surface area contributed by atoms with Crippen LogP contribution in [0.1, 0.15) is 12.8 Å². The highest BCUT2D eigenvalue weighted by Crippen LogP contribution is 2.28. The van der Waals surface area contributed by atoms with Crippen LogP contribution in [0.15, 0.2) is 58.2 Å². The smallest absolute Gasteiger partial charge is 0.327 e. The van der Waals surface area contributed by atoms with E-state index in [1.165, 1.54) is 27.8 Å². The maximum Gasteiger partial charge on any atom is 0.327 e. The van der Waals surface area contributed by atoms with E-state index in [0.29, 0.717) is 42.2 Å². The van der Waals surface area contributed by atoms with E-state index >= 15 is 0 Å². The molecule has 39 heavy (non-hydrogen) atoms. The summed E-state index contributed by atoms with van der Waals surface area (Å²) in [6.07, 6.45) is 1.40. The van der Waals surface area contributed by atoms with Gasteiger partial charge in [0.25, 0.3) is 5.56 Å². The Bertz CT molecular complexity index is 1600. The van der Waals surface area contributed by atoms with E-state index in [9.17, 15) is 27.9 Å². The molecule has 0 unspecified atom stereocenters. The van der Waals surface area contributed by atoms with Gasteiger partial charge in [-0.15, -0.1) is 0 Å². The number of carboxylic acid groups (broad SMARTS) is 1. The molecule has 2 saturated heterocycles.